The molecule has 0 fully saturated rings. The van der Waals surface area contributed by atoms with E-state index < -0.39 is 0 Å². The highest BCUT2D eigenvalue weighted by atomic mass is 32.1. The van der Waals surface area contributed by atoms with Crippen molar-refractivity contribution < 1.29 is 4.74 Å². The second kappa shape index (κ2) is 6.28. The Labute approximate surface area is 128 Å². The van der Waals surface area contributed by atoms with Crippen LogP contribution in [-0.4, -0.2) is 15.4 Å². The second-order valence-corrected chi connectivity index (χ2v) is 6.01. The Morgan fingerprint density at radius 1 is 1.43 bits per heavy atom. The van der Waals surface area contributed by atoms with Gasteiger partial charge in [0.1, 0.15) is 12.4 Å². The van der Waals surface area contributed by atoms with Gasteiger partial charge in [0, 0.05) is 23.8 Å². The molecule has 1 unspecified atom stereocenters. The molecule has 2 aromatic heterocycles. The lowest BCUT2D eigenvalue weighted by atomic mass is 10.0. The quantitative estimate of drug-likeness (QED) is 0.760. The van der Waals surface area contributed by atoms with Gasteiger partial charge in [0.05, 0.1) is 5.69 Å². The minimum atomic E-state index is 0.208. The van der Waals surface area contributed by atoms with E-state index >= 15 is 0 Å². The number of nitrogens with zero attached hydrogens (tertiary/aromatic N) is 2. The van der Waals surface area contributed by atoms with Crippen LogP contribution in [0.3, 0.4) is 0 Å². The van der Waals surface area contributed by atoms with Gasteiger partial charge in [0.15, 0.2) is 4.96 Å². The van der Waals surface area contributed by atoms with Crippen LogP contribution in [0, 0.1) is 0 Å². The van der Waals surface area contributed by atoms with E-state index in [1.165, 1.54) is 5.56 Å². The number of fused-ring (bicyclic) bond motifs is 1. The average molecular weight is 301 g/mol. The molecular formula is C16H19N3OS. The van der Waals surface area contributed by atoms with E-state index in [-0.39, 0.29) is 6.04 Å². The molecule has 0 aliphatic carbocycles. The first-order valence-corrected chi connectivity index (χ1v) is 8.01. The van der Waals surface area contributed by atoms with E-state index in [0.717, 1.165) is 29.2 Å². The molecule has 2 N–H and O–H groups in total. The molecule has 1 aromatic carbocycles. The van der Waals surface area contributed by atoms with E-state index in [1.807, 2.05) is 34.3 Å². The lowest BCUT2D eigenvalue weighted by Gasteiger charge is -2.10. The van der Waals surface area contributed by atoms with Gasteiger partial charge in [-0.25, -0.2) is 4.98 Å². The van der Waals surface area contributed by atoms with Crippen LogP contribution in [0.15, 0.2) is 42.0 Å². The summed E-state index contributed by atoms with van der Waals surface area (Å²) in [7, 11) is 0. The number of benzene rings is 1. The molecule has 4 nitrogen and oxygen atoms in total. The van der Waals surface area contributed by atoms with Crippen LogP contribution >= 0.6 is 11.3 Å². The van der Waals surface area contributed by atoms with Crippen LogP contribution in [0.2, 0.25) is 0 Å². The molecule has 3 rings (SSSR count). The third-order valence-corrected chi connectivity index (χ3v) is 4.22. The van der Waals surface area contributed by atoms with E-state index in [4.69, 9.17) is 10.5 Å². The Balaban J connectivity index is 1.64. The molecule has 21 heavy (non-hydrogen) atoms. The standard InChI is InChI=1S/C16H19N3OS/c1-2-13(17)8-12-4-3-5-15(9-12)20-11-14-10-19-6-7-21-16(19)18-14/h3-7,9-10,13H,2,8,11,17H2,1H3. The fraction of sp³-hybridized carbons (Fsp3) is 0.312. The maximum absolute atomic E-state index is 6.00. The largest absolute Gasteiger partial charge is 0.487 e. The summed E-state index contributed by atoms with van der Waals surface area (Å²) in [6.45, 7) is 2.59. The highest BCUT2D eigenvalue weighted by molar-refractivity contribution is 7.15. The van der Waals surface area contributed by atoms with E-state index in [9.17, 15) is 0 Å². The van der Waals surface area contributed by atoms with Crippen molar-refractivity contribution in [2.24, 2.45) is 5.73 Å². The van der Waals surface area contributed by atoms with Crippen LogP contribution in [0.5, 0.6) is 5.75 Å². The van der Waals surface area contributed by atoms with Crippen LogP contribution in [0.1, 0.15) is 24.6 Å². The van der Waals surface area contributed by atoms with Crippen molar-refractivity contribution in [1.29, 1.82) is 0 Å². The highest BCUT2D eigenvalue weighted by Gasteiger charge is 2.05. The van der Waals surface area contributed by atoms with E-state index in [2.05, 4.69) is 24.0 Å². The number of aromatic nitrogens is 2. The number of hydrogen-bond acceptors (Lipinski definition) is 4. The summed E-state index contributed by atoms with van der Waals surface area (Å²) in [6, 6.07) is 8.35. The molecule has 0 saturated carbocycles. The number of nitrogens with two attached hydrogens (primary N) is 1. The predicted molar refractivity (Wildman–Crippen MR) is 85.8 cm³/mol. The molecule has 0 aliphatic heterocycles. The van der Waals surface area contributed by atoms with Gasteiger partial charge in [-0.05, 0) is 30.5 Å². The molecule has 1 atom stereocenters. The maximum Gasteiger partial charge on any atom is 0.193 e. The molecule has 5 heteroatoms. The molecule has 0 aliphatic rings. The van der Waals surface area contributed by atoms with Crippen LogP contribution in [0.4, 0.5) is 0 Å². The van der Waals surface area contributed by atoms with Crippen molar-refractivity contribution in [1.82, 2.24) is 9.38 Å². The lowest BCUT2D eigenvalue weighted by Crippen LogP contribution is -2.21. The molecule has 3 aromatic rings. The van der Waals surface area contributed by atoms with Gasteiger partial charge in [-0.3, -0.25) is 4.40 Å². The number of ether oxygens (including phenoxy) is 1. The zero-order valence-electron chi connectivity index (χ0n) is 12.0. The van der Waals surface area contributed by atoms with Gasteiger partial charge in [-0.15, -0.1) is 11.3 Å². The van der Waals surface area contributed by atoms with Gasteiger partial charge < -0.3 is 10.5 Å². The summed E-state index contributed by atoms with van der Waals surface area (Å²) in [5, 5.41) is 2.02. The summed E-state index contributed by atoms with van der Waals surface area (Å²) in [5.74, 6) is 0.868. The normalized spacial score (nSPS) is 12.7. The fourth-order valence-electron chi connectivity index (χ4n) is 2.21. The minimum absolute atomic E-state index is 0.208. The molecule has 2 heterocycles. The first-order valence-electron chi connectivity index (χ1n) is 7.13. The summed E-state index contributed by atoms with van der Waals surface area (Å²) in [5.41, 5.74) is 8.16. The SMILES string of the molecule is CCC(N)Cc1cccc(OCc2cn3ccsc3n2)c1. The summed E-state index contributed by atoms with van der Waals surface area (Å²) in [4.78, 5) is 5.50. The fourth-order valence-corrected chi connectivity index (χ4v) is 2.93. The van der Waals surface area contributed by atoms with Crippen molar-refractivity contribution in [2.45, 2.75) is 32.4 Å². The van der Waals surface area contributed by atoms with E-state index in [0.29, 0.717) is 6.61 Å². The third kappa shape index (κ3) is 3.43. The van der Waals surface area contributed by atoms with Crippen molar-refractivity contribution in [2.75, 3.05) is 0 Å². The average Bonchev–Trinajstić information content (AvgIpc) is 3.06. The summed E-state index contributed by atoms with van der Waals surface area (Å²) >= 11 is 1.62. The molecule has 0 bridgehead atoms. The molecule has 110 valence electrons. The monoisotopic (exact) mass is 301 g/mol. The zero-order valence-corrected chi connectivity index (χ0v) is 12.8. The first kappa shape index (κ1) is 14.1. The van der Waals surface area contributed by atoms with Gasteiger partial charge in [0.25, 0.3) is 0 Å². The number of hydrogen-bond donors (Lipinski definition) is 1. The van der Waals surface area contributed by atoms with Crippen LogP contribution < -0.4 is 10.5 Å². The van der Waals surface area contributed by atoms with Gasteiger partial charge >= 0.3 is 0 Å². The third-order valence-electron chi connectivity index (χ3n) is 3.45. The maximum atomic E-state index is 6.00. The Kier molecular flexibility index (Phi) is 4.22. The Hall–Kier alpha value is -1.85. The molecule has 0 spiro atoms. The number of rotatable bonds is 6. The highest BCUT2D eigenvalue weighted by Crippen LogP contribution is 2.17. The van der Waals surface area contributed by atoms with Crippen molar-refractivity contribution in [3.8, 4) is 5.75 Å². The molecule has 0 amide bonds. The second-order valence-electron chi connectivity index (χ2n) is 5.13. The topological polar surface area (TPSA) is 52.5 Å². The number of imidazole rings is 1. The Morgan fingerprint density at radius 2 is 2.33 bits per heavy atom. The Bertz CT molecular complexity index is 690. The van der Waals surface area contributed by atoms with Crippen LogP contribution in [0.25, 0.3) is 4.96 Å². The molecule has 0 radical (unpaired) electrons. The minimum Gasteiger partial charge on any atom is -0.487 e. The van der Waals surface area contributed by atoms with E-state index in [1.54, 1.807) is 11.3 Å². The molecular weight excluding hydrogens is 282 g/mol. The summed E-state index contributed by atoms with van der Waals surface area (Å²) in [6.07, 6.45) is 5.87. The lowest BCUT2D eigenvalue weighted by molar-refractivity contribution is 0.301. The van der Waals surface area contributed by atoms with Crippen molar-refractivity contribution in [3.05, 3.63) is 53.3 Å². The molecule has 0 saturated heterocycles. The van der Waals surface area contributed by atoms with Gasteiger partial charge in [0.2, 0.25) is 0 Å². The smallest absolute Gasteiger partial charge is 0.193 e. The van der Waals surface area contributed by atoms with Crippen LogP contribution in [-0.2, 0) is 13.0 Å². The van der Waals surface area contributed by atoms with Gasteiger partial charge in [-0.1, -0.05) is 19.1 Å². The zero-order chi connectivity index (χ0) is 14.7. The van der Waals surface area contributed by atoms with Crippen molar-refractivity contribution in [3.63, 3.8) is 0 Å². The Morgan fingerprint density at radius 3 is 3.14 bits per heavy atom. The van der Waals surface area contributed by atoms with Gasteiger partial charge in [-0.2, -0.15) is 0 Å². The predicted octanol–water partition coefficient (Wildman–Crippen LogP) is 3.25. The summed E-state index contributed by atoms with van der Waals surface area (Å²) < 4.78 is 7.85. The van der Waals surface area contributed by atoms with Crippen molar-refractivity contribution >= 4 is 16.3 Å². The number of thiazole rings is 1. The first-order chi connectivity index (χ1) is 10.2.